The summed E-state index contributed by atoms with van der Waals surface area (Å²) < 4.78 is 0. The molecule has 2 rings (SSSR count). The van der Waals surface area contributed by atoms with Crippen LogP contribution >= 0.6 is 11.8 Å². The van der Waals surface area contributed by atoms with E-state index in [4.69, 9.17) is 11.6 Å². The SMILES string of the molecule is NC=C(C=NC1Nc2ccccc2S1)N=NN. The maximum Gasteiger partial charge on any atom is 0.171 e. The summed E-state index contributed by atoms with van der Waals surface area (Å²) in [6, 6.07) is 8.03. The van der Waals surface area contributed by atoms with Crippen molar-refractivity contribution in [1.82, 2.24) is 0 Å². The molecular weight excluding hydrogens is 236 g/mol. The molecular formula is C10H12N6S. The van der Waals surface area contributed by atoms with Gasteiger partial charge in [0.25, 0.3) is 0 Å². The molecule has 0 spiro atoms. The lowest BCUT2D eigenvalue weighted by Crippen LogP contribution is -2.06. The standard InChI is InChI=1S/C10H12N6S/c11-5-7(15-16-12)6-13-10-14-8-3-1-2-4-9(8)17-10/h1-6,10,14H,11H2,(H2,12,15). The number of nitrogens with zero attached hydrogens (tertiary/aromatic N) is 3. The summed E-state index contributed by atoms with van der Waals surface area (Å²) in [6.07, 6.45) is 2.83. The summed E-state index contributed by atoms with van der Waals surface area (Å²) in [5.74, 6) is 4.94. The van der Waals surface area contributed by atoms with E-state index in [0.717, 1.165) is 5.69 Å². The van der Waals surface area contributed by atoms with Crippen LogP contribution in [0.3, 0.4) is 0 Å². The summed E-state index contributed by atoms with van der Waals surface area (Å²) in [5.41, 5.74) is 6.77. The van der Waals surface area contributed by atoms with Gasteiger partial charge in [0, 0.05) is 11.1 Å². The highest BCUT2D eigenvalue weighted by atomic mass is 32.2. The fourth-order valence-electron chi connectivity index (χ4n) is 1.35. The summed E-state index contributed by atoms with van der Waals surface area (Å²) in [7, 11) is 0. The van der Waals surface area contributed by atoms with Crippen LogP contribution < -0.4 is 16.9 Å². The first-order valence-electron chi connectivity index (χ1n) is 4.91. The molecule has 0 aromatic heterocycles. The van der Waals surface area contributed by atoms with E-state index in [1.165, 1.54) is 17.3 Å². The molecule has 0 radical (unpaired) electrons. The second kappa shape index (κ2) is 5.35. The molecule has 0 saturated heterocycles. The van der Waals surface area contributed by atoms with E-state index in [-0.39, 0.29) is 5.50 Å². The zero-order valence-corrected chi connectivity index (χ0v) is 9.76. The molecule has 1 aromatic rings. The third-order valence-electron chi connectivity index (χ3n) is 2.09. The van der Waals surface area contributed by atoms with Crippen LogP contribution in [-0.2, 0) is 0 Å². The van der Waals surface area contributed by atoms with Gasteiger partial charge in [-0.15, -0.1) is 5.11 Å². The van der Waals surface area contributed by atoms with Gasteiger partial charge in [-0.1, -0.05) is 29.1 Å². The van der Waals surface area contributed by atoms with Gasteiger partial charge in [-0.25, -0.2) is 0 Å². The Labute approximate surface area is 103 Å². The number of hydrogen-bond acceptors (Lipinski definition) is 6. The first kappa shape index (κ1) is 11.5. The largest absolute Gasteiger partial charge is 0.403 e. The Balaban J connectivity index is 2.02. The molecule has 5 N–H and O–H groups in total. The minimum Gasteiger partial charge on any atom is -0.403 e. The van der Waals surface area contributed by atoms with Crippen LogP contribution in [0.5, 0.6) is 0 Å². The molecule has 0 amide bonds. The van der Waals surface area contributed by atoms with Gasteiger partial charge >= 0.3 is 0 Å². The molecule has 7 heteroatoms. The van der Waals surface area contributed by atoms with Crippen molar-refractivity contribution in [2.75, 3.05) is 5.32 Å². The highest BCUT2D eigenvalue weighted by molar-refractivity contribution is 8.00. The first-order chi connectivity index (χ1) is 8.33. The van der Waals surface area contributed by atoms with Crippen LogP contribution in [0.1, 0.15) is 0 Å². The topological polar surface area (TPSA) is 101 Å². The molecule has 0 saturated carbocycles. The zero-order valence-electron chi connectivity index (χ0n) is 8.95. The fraction of sp³-hybridized carbons (Fsp3) is 0.100. The van der Waals surface area contributed by atoms with Gasteiger partial charge in [-0.3, -0.25) is 4.99 Å². The van der Waals surface area contributed by atoms with Crippen LogP contribution in [0.4, 0.5) is 5.69 Å². The number of anilines is 1. The number of rotatable bonds is 3. The molecule has 0 aliphatic carbocycles. The summed E-state index contributed by atoms with van der Waals surface area (Å²) in [4.78, 5) is 5.47. The van der Waals surface area contributed by atoms with Gasteiger partial charge in [-0.05, 0) is 12.1 Å². The molecule has 6 nitrogen and oxygen atoms in total. The minimum atomic E-state index is -0.0738. The van der Waals surface area contributed by atoms with E-state index >= 15 is 0 Å². The molecule has 1 atom stereocenters. The van der Waals surface area contributed by atoms with E-state index in [1.807, 2.05) is 24.3 Å². The lowest BCUT2D eigenvalue weighted by Gasteiger charge is -2.02. The second-order valence-electron chi connectivity index (χ2n) is 3.20. The molecule has 17 heavy (non-hydrogen) atoms. The number of nitrogens with one attached hydrogen (secondary N) is 1. The smallest absolute Gasteiger partial charge is 0.171 e. The van der Waals surface area contributed by atoms with Crippen LogP contribution in [-0.4, -0.2) is 11.7 Å². The summed E-state index contributed by atoms with van der Waals surface area (Å²) in [6.45, 7) is 0. The predicted molar refractivity (Wildman–Crippen MR) is 69.5 cm³/mol. The Morgan fingerprint density at radius 3 is 2.94 bits per heavy atom. The number of hydrogen-bond donors (Lipinski definition) is 3. The Hall–Kier alpha value is -2.02. The molecule has 1 aromatic carbocycles. The minimum absolute atomic E-state index is 0.0738. The molecule has 1 aliphatic heterocycles. The van der Waals surface area contributed by atoms with E-state index in [1.54, 1.807) is 11.8 Å². The number of aliphatic imine (C=N–C) groups is 1. The average Bonchev–Trinajstić information content (AvgIpc) is 2.77. The third kappa shape index (κ3) is 2.76. The third-order valence-corrected chi connectivity index (χ3v) is 3.16. The Morgan fingerprint density at radius 1 is 1.41 bits per heavy atom. The van der Waals surface area contributed by atoms with Crippen molar-refractivity contribution in [3.63, 3.8) is 0 Å². The van der Waals surface area contributed by atoms with Gasteiger partial charge in [0.1, 0.15) is 5.70 Å². The fourth-order valence-corrected chi connectivity index (χ4v) is 2.31. The number of benzene rings is 1. The average molecular weight is 248 g/mol. The molecule has 1 heterocycles. The molecule has 1 unspecified atom stereocenters. The van der Waals surface area contributed by atoms with Crippen molar-refractivity contribution in [1.29, 1.82) is 0 Å². The van der Waals surface area contributed by atoms with Crippen molar-refractivity contribution < 1.29 is 0 Å². The van der Waals surface area contributed by atoms with Crippen LogP contribution in [0.2, 0.25) is 0 Å². The van der Waals surface area contributed by atoms with Crippen LogP contribution in [0, 0.1) is 0 Å². The Morgan fingerprint density at radius 2 is 2.24 bits per heavy atom. The van der Waals surface area contributed by atoms with E-state index in [9.17, 15) is 0 Å². The quantitative estimate of drug-likeness (QED) is 0.328. The van der Waals surface area contributed by atoms with Crippen LogP contribution in [0.25, 0.3) is 0 Å². The van der Waals surface area contributed by atoms with Crippen LogP contribution in [0.15, 0.2) is 56.4 Å². The molecule has 1 aliphatic rings. The van der Waals surface area contributed by atoms with Gasteiger partial charge in [0.05, 0.1) is 11.9 Å². The van der Waals surface area contributed by atoms with Crippen molar-refractivity contribution in [3.8, 4) is 0 Å². The number of thioether (sulfide) groups is 1. The maximum absolute atomic E-state index is 5.34. The van der Waals surface area contributed by atoms with E-state index < -0.39 is 0 Å². The van der Waals surface area contributed by atoms with E-state index in [0.29, 0.717) is 5.70 Å². The number of allylic oxidation sites excluding steroid dienone is 1. The highest BCUT2D eigenvalue weighted by Gasteiger charge is 2.18. The molecule has 0 fully saturated rings. The van der Waals surface area contributed by atoms with Gasteiger partial charge in [0.15, 0.2) is 5.50 Å². The molecule has 88 valence electrons. The Kier molecular flexibility index (Phi) is 3.61. The lowest BCUT2D eigenvalue weighted by molar-refractivity contribution is 1.03. The van der Waals surface area contributed by atoms with Gasteiger partial charge in [-0.2, -0.15) is 0 Å². The van der Waals surface area contributed by atoms with Crippen molar-refractivity contribution in [2.45, 2.75) is 10.4 Å². The number of fused-ring (bicyclic) bond motifs is 1. The van der Waals surface area contributed by atoms with Crippen molar-refractivity contribution in [3.05, 3.63) is 36.2 Å². The maximum atomic E-state index is 5.34. The summed E-state index contributed by atoms with van der Waals surface area (Å²) >= 11 is 1.63. The predicted octanol–water partition coefficient (Wildman–Crippen LogP) is 1.68. The monoisotopic (exact) mass is 248 g/mol. The molecule has 0 bridgehead atoms. The van der Waals surface area contributed by atoms with Gasteiger partial charge in [0.2, 0.25) is 0 Å². The first-order valence-corrected chi connectivity index (χ1v) is 5.79. The Bertz CT molecular complexity index is 456. The normalized spacial score (nSPS) is 19.8. The van der Waals surface area contributed by atoms with Crippen molar-refractivity contribution in [2.24, 2.45) is 26.9 Å². The van der Waals surface area contributed by atoms with Crippen molar-refractivity contribution >= 4 is 23.7 Å². The van der Waals surface area contributed by atoms with E-state index in [2.05, 4.69) is 20.6 Å². The van der Waals surface area contributed by atoms with Gasteiger partial charge < -0.3 is 16.9 Å². The summed E-state index contributed by atoms with van der Waals surface area (Å²) in [5, 5.41) is 10.0. The number of nitrogens with two attached hydrogens (primary N) is 2. The lowest BCUT2D eigenvalue weighted by atomic mass is 10.3. The zero-order chi connectivity index (χ0) is 12.1. The highest BCUT2D eigenvalue weighted by Crippen LogP contribution is 2.38. The second-order valence-corrected chi connectivity index (χ2v) is 4.32. The number of para-hydroxylation sites is 1.